The van der Waals surface area contributed by atoms with Gasteiger partial charge in [0.25, 0.3) is 0 Å². The fourth-order valence-corrected chi connectivity index (χ4v) is 3.34. The van der Waals surface area contributed by atoms with Crippen LogP contribution in [-0.4, -0.2) is 39.8 Å². The van der Waals surface area contributed by atoms with E-state index in [-0.39, 0.29) is 0 Å². The maximum absolute atomic E-state index is 11.8. The summed E-state index contributed by atoms with van der Waals surface area (Å²) in [4.78, 5) is 0. The van der Waals surface area contributed by atoms with E-state index in [2.05, 4.69) is 42.4 Å². The van der Waals surface area contributed by atoms with Gasteiger partial charge in [0.2, 0.25) is 0 Å². The molecule has 0 saturated carbocycles. The Morgan fingerprint density at radius 3 is 2.40 bits per heavy atom. The molecule has 0 spiro atoms. The second kappa shape index (κ2) is 7.70. The van der Waals surface area contributed by atoms with Gasteiger partial charge in [-0.2, -0.15) is 0 Å². The molecule has 4 heteroatoms. The minimum absolute atomic E-state index is 0.477. The number of benzene rings is 1. The molecule has 0 amide bonds. The molecule has 1 aliphatic rings. The van der Waals surface area contributed by atoms with Crippen LogP contribution in [0.3, 0.4) is 0 Å². The summed E-state index contributed by atoms with van der Waals surface area (Å²) >= 11 is 0. The first-order valence-electron chi connectivity index (χ1n) is 7.36. The maximum Gasteiger partial charge on any atom is 0.0344 e. The van der Waals surface area contributed by atoms with E-state index in [4.69, 9.17) is 0 Å². The van der Waals surface area contributed by atoms with Gasteiger partial charge >= 0.3 is 0 Å². The summed E-state index contributed by atoms with van der Waals surface area (Å²) in [5.41, 5.74) is 2.45. The van der Waals surface area contributed by atoms with E-state index in [1.165, 1.54) is 11.3 Å². The van der Waals surface area contributed by atoms with Crippen LogP contribution in [0, 0.1) is 6.92 Å². The van der Waals surface area contributed by atoms with Gasteiger partial charge in [-0.3, -0.25) is 4.21 Å². The molecule has 1 heterocycles. The summed E-state index contributed by atoms with van der Waals surface area (Å²) in [5, 5.41) is 3.55. The summed E-state index contributed by atoms with van der Waals surface area (Å²) in [6.45, 7) is 7.83. The lowest BCUT2D eigenvalue weighted by atomic mass is 10.1. The molecule has 0 radical (unpaired) electrons. The normalized spacial score (nSPS) is 19.6. The Morgan fingerprint density at radius 2 is 1.90 bits per heavy atom. The molecule has 0 aliphatic carbocycles. The zero-order chi connectivity index (χ0) is 15.2. The van der Waals surface area contributed by atoms with Gasteiger partial charge in [0.1, 0.15) is 0 Å². The van der Waals surface area contributed by atoms with E-state index in [1.807, 2.05) is 18.2 Å². The van der Waals surface area contributed by atoms with Crippen LogP contribution in [0.2, 0.25) is 0 Å². The van der Waals surface area contributed by atoms with E-state index in [0.717, 1.165) is 25.9 Å². The Labute approximate surface area is 124 Å². The van der Waals surface area contributed by atoms with Gasteiger partial charge in [0, 0.05) is 40.8 Å². The van der Waals surface area contributed by atoms with Crippen molar-refractivity contribution < 1.29 is 4.21 Å². The summed E-state index contributed by atoms with van der Waals surface area (Å²) in [5.74, 6) is 3.75. The molecular weight excluding hydrogens is 268 g/mol. The van der Waals surface area contributed by atoms with Crippen molar-refractivity contribution in [1.29, 1.82) is 0 Å². The summed E-state index contributed by atoms with van der Waals surface area (Å²) < 4.78 is 13.8. The third kappa shape index (κ3) is 5.17. The first-order valence-corrected chi connectivity index (χ1v) is 9.45. The van der Waals surface area contributed by atoms with Crippen LogP contribution in [0.25, 0.3) is 0 Å². The maximum atomic E-state index is 11.8. The lowest BCUT2D eigenvalue weighted by molar-refractivity contribution is 0.346. The molecule has 1 atom stereocenters. The number of piperidine rings is 1. The standard InChI is InChI=1S/C14H22N2OS.C2H6/c1-12-5-4-6-14(11-12)15-13-7-9-16(10-8-13)18(2,3)17;1-2/h4-6,11,13,15H,2,7-10H2,1,3H3;1-2H3. The predicted octanol–water partition coefficient (Wildman–Crippen LogP) is 3.16. The monoisotopic (exact) mass is 296 g/mol. The average molecular weight is 296 g/mol. The van der Waals surface area contributed by atoms with Crippen LogP contribution in [0.15, 0.2) is 24.3 Å². The lowest BCUT2D eigenvalue weighted by Gasteiger charge is -2.33. The molecule has 1 aromatic carbocycles. The van der Waals surface area contributed by atoms with Gasteiger partial charge in [-0.15, -0.1) is 0 Å². The summed E-state index contributed by atoms with van der Waals surface area (Å²) in [6.07, 6.45) is 3.77. The van der Waals surface area contributed by atoms with Crippen molar-refractivity contribution in [3.63, 3.8) is 0 Å². The van der Waals surface area contributed by atoms with Gasteiger partial charge in [0.15, 0.2) is 0 Å². The quantitative estimate of drug-likeness (QED) is 0.869. The molecule has 1 unspecified atom stereocenters. The van der Waals surface area contributed by atoms with Gasteiger partial charge in [0.05, 0.1) is 0 Å². The molecule has 2 rings (SSSR count). The van der Waals surface area contributed by atoms with Gasteiger partial charge in [-0.1, -0.05) is 26.0 Å². The zero-order valence-corrected chi connectivity index (χ0v) is 14.0. The van der Waals surface area contributed by atoms with Crippen molar-refractivity contribution in [3.05, 3.63) is 29.8 Å². The number of nitrogens with zero attached hydrogens (tertiary/aromatic N) is 1. The fourth-order valence-electron chi connectivity index (χ4n) is 2.36. The van der Waals surface area contributed by atoms with Crippen molar-refractivity contribution in [3.8, 4) is 0 Å². The lowest BCUT2D eigenvalue weighted by Crippen LogP contribution is -2.41. The highest BCUT2D eigenvalue weighted by atomic mass is 32.2. The Kier molecular flexibility index (Phi) is 6.56. The number of rotatable bonds is 3. The van der Waals surface area contributed by atoms with E-state index in [1.54, 1.807) is 6.26 Å². The molecule has 1 aliphatic heterocycles. The second-order valence-electron chi connectivity index (χ2n) is 5.18. The van der Waals surface area contributed by atoms with Gasteiger partial charge in [-0.05, 0) is 43.3 Å². The Bertz CT molecular complexity index is 503. The fraction of sp³-hybridized carbons (Fsp3) is 0.562. The van der Waals surface area contributed by atoms with Crippen LogP contribution in [-0.2, 0) is 9.71 Å². The molecule has 20 heavy (non-hydrogen) atoms. The zero-order valence-electron chi connectivity index (χ0n) is 13.2. The number of hydrogen-bond donors (Lipinski definition) is 1. The smallest absolute Gasteiger partial charge is 0.0344 e. The van der Waals surface area contributed by atoms with E-state index >= 15 is 0 Å². The van der Waals surface area contributed by atoms with E-state index in [9.17, 15) is 4.21 Å². The predicted molar refractivity (Wildman–Crippen MR) is 91.9 cm³/mol. The molecular formula is C16H28N2OS. The van der Waals surface area contributed by atoms with Crippen molar-refractivity contribution in [2.45, 2.75) is 39.7 Å². The number of anilines is 1. The van der Waals surface area contributed by atoms with Crippen LogP contribution in [0.5, 0.6) is 0 Å². The minimum Gasteiger partial charge on any atom is -0.382 e. The van der Waals surface area contributed by atoms with Crippen molar-refractivity contribution in [2.75, 3.05) is 24.7 Å². The molecule has 1 saturated heterocycles. The average Bonchev–Trinajstić information content (AvgIpc) is 2.41. The highest BCUT2D eigenvalue weighted by Gasteiger charge is 2.21. The first-order chi connectivity index (χ1) is 9.45. The third-order valence-corrected chi connectivity index (χ3v) is 4.85. The Balaban J connectivity index is 0.000000956. The molecule has 1 fully saturated rings. The van der Waals surface area contributed by atoms with Crippen LogP contribution in [0.1, 0.15) is 32.3 Å². The molecule has 0 bridgehead atoms. The minimum atomic E-state index is -2.02. The third-order valence-electron chi connectivity index (χ3n) is 3.39. The molecule has 1 aromatic rings. The van der Waals surface area contributed by atoms with Crippen molar-refractivity contribution in [1.82, 2.24) is 4.31 Å². The van der Waals surface area contributed by atoms with Gasteiger partial charge in [-0.25, -0.2) is 4.31 Å². The van der Waals surface area contributed by atoms with E-state index < -0.39 is 9.71 Å². The largest absolute Gasteiger partial charge is 0.382 e. The Morgan fingerprint density at radius 1 is 1.30 bits per heavy atom. The van der Waals surface area contributed by atoms with Crippen LogP contribution >= 0.6 is 0 Å². The van der Waals surface area contributed by atoms with Crippen molar-refractivity contribution >= 4 is 21.3 Å². The summed E-state index contributed by atoms with van der Waals surface area (Å²) in [6, 6.07) is 8.91. The first kappa shape index (κ1) is 17.1. The number of hydrogen-bond acceptors (Lipinski definition) is 2. The SMILES string of the molecule is C=S(C)(=O)N1CCC(Nc2cccc(C)c2)CC1.CC. The summed E-state index contributed by atoms with van der Waals surface area (Å²) in [7, 11) is -2.02. The van der Waals surface area contributed by atoms with Crippen LogP contribution in [0.4, 0.5) is 5.69 Å². The number of nitrogens with one attached hydrogen (secondary N) is 1. The highest BCUT2D eigenvalue weighted by molar-refractivity contribution is 7.97. The molecule has 3 nitrogen and oxygen atoms in total. The topological polar surface area (TPSA) is 32.3 Å². The second-order valence-corrected chi connectivity index (χ2v) is 7.61. The van der Waals surface area contributed by atoms with Crippen molar-refractivity contribution in [2.24, 2.45) is 0 Å². The van der Waals surface area contributed by atoms with Gasteiger partial charge < -0.3 is 5.32 Å². The highest BCUT2D eigenvalue weighted by Crippen LogP contribution is 2.18. The molecule has 114 valence electrons. The molecule has 0 aromatic heterocycles. The van der Waals surface area contributed by atoms with Crippen LogP contribution < -0.4 is 5.32 Å². The van der Waals surface area contributed by atoms with E-state index in [0.29, 0.717) is 6.04 Å². The molecule has 1 N–H and O–H groups in total. The number of aryl methyl sites for hydroxylation is 1. The Hall–Kier alpha value is -1.00.